The molecule has 2 atom stereocenters. The van der Waals surface area contributed by atoms with Gasteiger partial charge in [0.05, 0.1) is 19.8 Å². The molecule has 0 aromatic rings. The van der Waals surface area contributed by atoms with Gasteiger partial charge in [0.2, 0.25) is 0 Å². The van der Waals surface area contributed by atoms with E-state index in [0.717, 1.165) is 44.9 Å². The molecular formula is C59H112NO7P. The van der Waals surface area contributed by atoms with Crippen LogP contribution in [0.2, 0.25) is 0 Å². The van der Waals surface area contributed by atoms with Crippen LogP contribution in [0.3, 0.4) is 0 Å². The molecule has 0 heterocycles. The third kappa shape index (κ3) is 55.4. The van der Waals surface area contributed by atoms with Crippen molar-refractivity contribution in [1.29, 1.82) is 0 Å². The van der Waals surface area contributed by atoms with E-state index in [-0.39, 0.29) is 32.3 Å². The second-order valence-corrected chi connectivity index (χ2v) is 21.0. The quantitative estimate of drug-likeness (QED) is 0.0268. The number of hydrogen-bond acceptors (Lipinski definition) is 7. The Balaban J connectivity index is 3.89. The Hall–Kier alpha value is -1.54. The van der Waals surface area contributed by atoms with E-state index >= 15 is 0 Å². The number of unbranched alkanes of at least 4 members (excludes halogenated alkanes) is 35. The summed E-state index contributed by atoms with van der Waals surface area (Å²) in [5.74, 6) is -0.329. The van der Waals surface area contributed by atoms with Gasteiger partial charge in [-0.2, -0.15) is 0 Å². The molecule has 0 saturated carbocycles. The monoisotopic (exact) mass is 978 g/mol. The summed E-state index contributed by atoms with van der Waals surface area (Å²) in [6, 6.07) is 0. The Morgan fingerprint density at radius 3 is 1.18 bits per heavy atom. The fraction of sp³-hybridized carbons (Fsp3) is 0.847. The fourth-order valence-electron chi connectivity index (χ4n) is 8.41. The highest BCUT2D eigenvalue weighted by molar-refractivity contribution is 7.47. The van der Waals surface area contributed by atoms with E-state index in [0.29, 0.717) is 13.0 Å². The van der Waals surface area contributed by atoms with Gasteiger partial charge in [0.25, 0.3) is 0 Å². The summed E-state index contributed by atoms with van der Waals surface area (Å²) in [4.78, 5) is 22.7. The molecule has 0 aliphatic rings. The van der Waals surface area contributed by atoms with E-state index in [2.05, 4.69) is 62.5 Å². The number of carbonyl (C=O) groups is 1. The molecule has 0 amide bonds. The van der Waals surface area contributed by atoms with Crippen LogP contribution in [-0.4, -0.2) is 49.9 Å². The summed E-state index contributed by atoms with van der Waals surface area (Å²) >= 11 is 0. The van der Waals surface area contributed by atoms with E-state index in [1.165, 1.54) is 218 Å². The van der Waals surface area contributed by atoms with Gasteiger partial charge in [0.15, 0.2) is 0 Å². The number of phosphoric acid groups is 1. The number of allylic oxidation sites excluding steroid dienone is 8. The summed E-state index contributed by atoms with van der Waals surface area (Å²) in [6.45, 7) is 4.94. The Bertz CT molecular complexity index is 1190. The van der Waals surface area contributed by atoms with Crippen LogP contribution in [-0.2, 0) is 27.9 Å². The first-order valence-electron chi connectivity index (χ1n) is 29.1. The average molecular weight is 979 g/mol. The SMILES string of the molecule is CCCCCCC/C=C\C/C=C\C/C=C\CCCCCCCCCCCOCC(COP(=O)(O)OCCN)OC(=O)CCCCCCCCCCCCCCC/C=C\CCCCCCCCCC. The molecule has 0 aliphatic heterocycles. The Kier molecular flexibility index (Phi) is 55.1. The number of nitrogens with two attached hydrogens (primary N) is 1. The highest BCUT2D eigenvalue weighted by Gasteiger charge is 2.25. The van der Waals surface area contributed by atoms with Gasteiger partial charge in [-0.1, -0.05) is 249 Å². The molecule has 9 heteroatoms. The summed E-state index contributed by atoms with van der Waals surface area (Å²) < 4.78 is 33.7. The number of phosphoric ester groups is 1. The average Bonchev–Trinajstić information content (AvgIpc) is 3.33. The molecular weight excluding hydrogens is 866 g/mol. The zero-order chi connectivity index (χ0) is 49.4. The molecule has 0 radical (unpaired) electrons. The van der Waals surface area contributed by atoms with Crippen LogP contribution in [0.15, 0.2) is 48.6 Å². The zero-order valence-electron chi connectivity index (χ0n) is 44.9. The van der Waals surface area contributed by atoms with Crippen molar-refractivity contribution >= 4 is 13.8 Å². The van der Waals surface area contributed by atoms with Crippen molar-refractivity contribution in [2.24, 2.45) is 5.73 Å². The molecule has 0 bridgehead atoms. The van der Waals surface area contributed by atoms with Gasteiger partial charge in [-0.15, -0.1) is 0 Å². The predicted octanol–water partition coefficient (Wildman–Crippen LogP) is 18.7. The van der Waals surface area contributed by atoms with Gasteiger partial charge in [-0.05, 0) is 77.0 Å². The third-order valence-corrected chi connectivity index (χ3v) is 13.7. The van der Waals surface area contributed by atoms with Crippen LogP contribution < -0.4 is 5.73 Å². The molecule has 0 aliphatic carbocycles. The van der Waals surface area contributed by atoms with Crippen molar-refractivity contribution in [3.63, 3.8) is 0 Å². The van der Waals surface area contributed by atoms with E-state index < -0.39 is 13.9 Å². The fourth-order valence-corrected chi connectivity index (χ4v) is 9.18. The van der Waals surface area contributed by atoms with Crippen LogP contribution >= 0.6 is 7.82 Å². The molecule has 0 spiro atoms. The molecule has 400 valence electrons. The van der Waals surface area contributed by atoms with Gasteiger partial charge < -0.3 is 20.1 Å². The number of ether oxygens (including phenoxy) is 2. The van der Waals surface area contributed by atoms with E-state index in [1.807, 2.05) is 0 Å². The standard InChI is InChI=1S/C59H112NO7P/c1-3-5-7-9-11-13-15-17-19-21-23-25-27-29-30-32-34-36-38-40-42-44-46-48-50-52-59(61)67-58(57-66-68(62,63)65-55-53-60)56-64-54-51-49-47-45-43-41-39-37-35-33-31-28-26-24-22-20-18-16-14-12-10-8-6-4-2/h16,18,21-24,28,31,58H,3-15,17,19-20,25-27,29-30,32-57,60H2,1-2H3,(H,62,63)/b18-16-,23-21-,24-22-,31-28-. The van der Waals surface area contributed by atoms with Crippen molar-refractivity contribution < 1.29 is 32.8 Å². The first-order chi connectivity index (χ1) is 33.4. The summed E-state index contributed by atoms with van der Waals surface area (Å²) in [5, 5.41) is 0. The minimum Gasteiger partial charge on any atom is -0.457 e. The molecule has 8 nitrogen and oxygen atoms in total. The summed E-state index contributed by atoms with van der Waals surface area (Å²) in [5.41, 5.74) is 5.40. The maximum atomic E-state index is 12.7. The minimum absolute atomic E-state index is 0.0967. The van der Waals surface area contributed by atoms with Gasteiger partial charge in [0.1, 0.15) is 6.10 Å². The maximum Gasteiger partial charge on any atom is 0.472 e. The highest BCUT2D eigenvalue weighted by atomic mass is 31.2. The van der Waals surface area contributed by atoms with Crippen LogP contribution in [0, 0.1) is 0 Å². The molecule has 2 unspecified atom stereocenters. The third-order valence-electron chi connectivity index (χ3n) is 12.7. The number of rotatable bonds is 56. The molecule has 0 rings (SSSR count). The van der Waals surface area contributed by atoms with Gasteiger partial charge in [-0.25, -0.2) is 4.57 Å². The minimum atomic E-state index is -4.29. The van der Waals surface area contributed by atoms with E-state index in [9.17, 15) is 14.3 Å². The van der Waals surface area contributed by atoms with Crippen LogP contribution in [0.4, 0.5) is 0 Å². The van der Waals surface area contributed by atoms with Crippen LogP contribution in [0.1, 0.15) is 284 Å². The molecule has 68 heavy (non-hydrogen) atoms. The van der Waals surface area contributed by atoms with Gasteiger partial charge in [-0.3, -0.25) is 13.8 Å². The lowest BCUT2D eigenvalue weighted by molar-refractivity contribution is -0.154. The predicted molar refractivity (Wildman–Crippen MR) is 293 cm³/mol. The number of hydrogen-bond donors (Lipinski definition) is 2. The molecule has 3 N–H and O–H groups in total. The number of esters is 1. The van der Waals surface area contributed by atoms with Gasteiger partial charge in [0, 0.05) is 19.6 Å². The van der Waals surface area contributed by atoms with Crippen molar-refractivity contribution in [1.82, 2.24) is 0 Å². The first-order valence-corrected chi connectivity index (χ1v) is 30.6. The largest absolute Gasteiger partial charge is 0.472 e. The lowest BCUT2D eigenvalue weighted by atomic mass is 10.0. The molecule has 0 saturated heterocycles. The van der Waals surface area contributed by atoms with Crippen molar-refractivity contribution in [3.8, 4) is 0 Å². The van der Waals surface area contributed by atoms with Crippen molar-refractivity contribution in [3.05, 3.63) is 48.6 Å². The van der Waals surface area contributed by atoms with Crippen LogP contribution in [0.5, 0.6) is 0 Å². The van der Waals surface area contributed by atoms with Crippen molar-refractivity contribution in [2.75, 3.05) is 33.0 Å². The second-order valence-electron chi connectivity index (χ2n) is 19.5. The summed E-state index contributed by atoms with van der Waals surface area (Å²) in [6.07, 6.45) is 70.2. The zero-order valence-corrected chi connectivity index (χ0v) is 45.7. The Morgan fingerprint density at radius 1 is 0.441 bits per heavy atom. The lowest BCUT2D eigenvalue weighted by Gasteiger charge is -2.20. The first kappa shape index (κ1) is 66.5. The Morgan fingerprint density at radius 2 is 0.779 bits per heavy atom. The number of carbonyl (C=O) groups excluding carboxylic acids is 1. The highest BCUT2D eigenvalue weighted by Crippen LogP contribution is 2.43. The lowest BCUT2D eigenvalue weighted by Crippen LogP contribution is -2.28. The Labute approximate surface area is 421 Å². The normalized spacial score (nSPS) is 13.5. The van der Waals surface area contributed by atoms with E-state index in [1.54, 1.807) is 0 Å². The molecule has 0 fully saturated rings. The topological polar surface area (TPSA) is 117 Å². The van der Waals surface area contributed by atoms with Crippen LogP contribution in [0.25, 0.3) is 0 Å². The van der Waals surface area contributed by atoms with E-state index in [4.69, 9.17) is 24.3 Å². The van der Waals surface area contributed by atoms with Crippen molar-refractivity contribution in [2.45, 2.75) is 290 Å². The smallest absolute Gasteiger partial charge is 0.457 e. The molecule has 0 aromatic carbocycles. The van der Waals surface area contributed by atoms with Gasteiger partial charge >= 0.3 is 13.8 Å². The summed E-state index contributed by atoms with van der Waals surface area (Å²) in [7, 11) is -4.29. The second kappa shape index (κ2) is 56.4. The molecule has 0 aromatic heterocycles. The maximum absolute atomic E-state index is 12.7.